The summed E-state index contributed by atoms with van der Waals surface area (Å²) in [5.74, 6) is 0. The van der Waals surface area contributed by atoms with Crippen LogP contribution in [0, 0.1) is 0 Å². The lowest BCUT2D eigenvalue weighted by molar-refractivity contribution is 0.579. The third-order valence-corrected chi connectivity index (χ3v) is 6.51. The molecule has 0 atom stereocenters. The molecule has 0 amide bonds. The molecule has 25 heavy (non-hydrogen) atoms. The van der Waals surface area contributed by atoms with E-state index in [0.29, 0.717) is 8.93 Å². The van der Waals surface area contributed by atoms with Crippen molar-refractivity contribution < 1.29 is 8.42 Å². The Morgan fingerprint density at radius 1 is 1.36 bits per heavy atom. The molecule has 4 rings (SSSR count). The van der Waals surface area contributed by atoms with E-state index in [9.17, 15) is 13.2 Å². The summed E-state index contributed by atoms with van der Waals surface area (Å²) in [5.41, 5.74) is 5.18. The summed E-state index contributed by atoms with van der Waals surface area (Å²) in [6.07, 6.45) is 3.02. The molecule has 0 radical (unpaired) electrons. The zero-order valence-corrected chi connectivity index (χ0v) is 14.9. The average molecular weight is 399 g/mol. The lowest BCUT2D eigenvalue weighted by atomic mass is 10.4. The topological polar surface area (TPSA) is 117 Å². The van der Waals surface area contributed by atoms with Gasteiger partial charge in [0.25, 0.3) is 10.0 Å². The zero-order chi connectivity index (χ0) is 17.8. The van der Waals surface area contributed by atoms with Crippen molar-refractivity contribution in [2.45, 2.75) is 11.6 Å². The van der Waals surface area contributed by atoms with E-state index < -0.39 is 15.7 Å². The average Bonchev–Trinajstić information content (AvgIpc) is 3.19. The fourth-order valence-electron chi connectivity index (χ4n) is 2.68. The zero-order valence-electron chi connectivity index (χ0n) is 12.5. The quantitative estimate of drug-likeness (QED) is 0.542. The van der Waals surface area contributed by atoms with E-state index in [1.54, 1.807) is 11.4 Å². The van der Waals surface area contributed by atoms with Crippen LogP contribution in [0.15, 0.2) is 39.7 Å². The molecule has 0 aliphatic carbocycles. The van der Waals surface area contributed by atoms with Gasteiger partial charge in [-0.2, -0.15) is 12.4 Å². The molecule has 9 nitrogen and oxygen atoms in total. The lowest BCUT2D eigenvalue weighted by Gasteiger charge is -2.04. The van der Waals surface area contributed by atoms with Gasteiger partial charge in [-0.05, 0) is 12.1 Å². The number of fused-ring (bicyclic) bond motifs is 2. The molecule has 0 unspecified atom stereocenters. The normalized spacial score (nSPS) is 12.4. The van der Waals surface area contributed by atoms with Gasteiger partial charge in [0.15, 0.2) is 15.8 Å². The van der Waals surface area contributed by atoms with Crippen molar-refractivity contribution in [2.24, 2.45) is 5.73 Å². The second-order valence-electron chi connectivity index (χ2n) is 5.10. The molecule has 0 bridgehead atoms. The minimum atomic E-state index is -4.30. The number of aromatic nitrogens is 5. The first-order chi connectivity index (χ1) is 12.0. The largest absolute Gasteiger partial charge is 0.344 e. The second-order valence-corrected chi connectivity index (χ2v) is 8.03. The van der Waals surface area contributed by atoms with Crippen LogP contribution >= 0.6 is 22.9 Å². The van der Waals surface area contributed by atoms with Crippen molar-refractivity contribution in [3.8, 4) is 0 Å². The van der Waals surface area contributed by atoms with E-state index in [4.69, 9.17) is 17.3 Å². The summed E-state index contributed by atoms with van der Waals surface area (Å²) in [4.78, 5) is 21.4. The van der Waals surface area contributed by atoms with Crippen molar-refractivity contribution in [3.05, 3.63) is 45.5 Å². The minimum Gasteiger partial charge on any atom is -0.329 e. The minimum absolute atomic E-state index is 0.142. The van der Waals surface area contributed by atoms with E-state index in [1.807, 2.05) is 0 Å². The fourth-order valence-corrected chi connectivity index (χ4v) is 5.50. The first-order valence-electron chi connectivity index (χ1n) is 7.09. The molecular formula is C13H11ClN6O3S2. The van der Waals surface area contributed by atoms with Gasteiger partial charge in [-0.3, -0.25) is 8.97 Å². The first-order valence-corrected chi connectivity index (χ1v) is 9.79. The Hall–Kier alpha value is -2.21. The second kappa shape index (κ2) is 5.66. The van der Waals surface area contributed by atoms with Gasteiger partial charge in [0.05, 0.1) is 0 Å². The summed E-state index contributed by atoms with van der Waals surface area (Å²) < 4.78 is 29.7. The monoisotopic (exact) mass is 398 g/mol. The fraction of sp³-hybridized carbons (Fsp3) is 0.154. The molecule has 0 saturated carbocycles. The molecule has 2 N–H and O–H groups in total. The maximum atomic E-state index is 13.2. The van der Waals surface area contributed by atoms with Crippen LogP contribution in [-0.2, 0) is 16.6 Å². The van der Waals surface area contributed by atoms with Crippen LogP contribution in [0.4, 0.5) is 0 Å². The van der Waals surface area contributed by atoms with Crippen LogP contribution < -0.4 is 11.4 Å². The van der Waals surface area contributed by atoms with Gasteiger partial charge in [-0.1, -0.05) is 11.6 Å². The van der Waals surface area contributed by atoms with Crippen molar-refractivity contribution in [3.63, 3.8) is 0 Å². The van der Waals surface area contributed by atoms with Crippen LogP contribution in [0.25, 0.3) is 16.1 Å². The number of hydrogen-bond donors (Lipinski definition) is 1. The van der Waals surface area contributed by atoms with Crippen LogP contribution in [-0.4, -0.2) is 37.9 Å². The summed E-state index contributed by atoms with van der Waals surface area (Å²) in [7, 11) is -4.30. The standard InChI is InChI=1S/C13H11ClN6O3S2/c14-9-11(19-6-7-24-12(19)17-9)25(22,23)20-8-2-1-4-16-10(8)18(5-3-15)13(20)21/h1-2,4,6-7H,3,5,15H2. The van der Waals surface area contributed by atoms with E-state index >= 15 is 0 Å². The lowest BCUT2D eigenvalue weighted by Crippen LogP contribution is -2.31. The Balaban J connectivity index is 2.11. The number of rotatable bonds is 4. The number of hydrogen-bond acceptors (Lipinski definition) is 7. The Morgan fingerprint density at radius 2 is 2.16 bits per heavy atom. The third kappa shape index (κ3) is 2.24. The van der Waals surface area contributed by atoms with Crippen LogP contribution in [0.5, 0.6) is 0 Å². The highest BCUT2D eigenvalue weighted by molar-refractivity contribution is 7.90. The number of nitrogens with two attached hydrogens (primary N) is 1. The number of pyridine rings is 1. The number of thiazole rings is 1. The van der Waals surface area contributed by atoms with E-state index in [2.05, 4.69) is 9.97 Å². The Morgan fingerprint density at radius 3 is 2.92 bits per heavy atom. The maximum Gasteiger partial charge on any atom is 0.344 e. The van der Waals surface area contributed by atoms with Crippen molar-refractivity contribution in [1.82, 2.24) is 22.9 Å². The van der Waals surface area contributed by atoms with Gasteiger partial charge in [0.2, 0.25) is 5.03 Å². The van der Waals surface area contributed by atoms with E-state index in [0.717, 1.165) is 0 Å². The summed E-state index contributed by atoms with van der Waals surface area (Å²) in [6, 6.07) is 3.06. The summed E-state index contributed by atoms with van der Waals surface area (Å²) in [6.45, 7) is 0.306. The molecular weight excluding hydrogens is 388 g/mol. The van der Waals surface area contributed by atoms with Crippen LogP contribution in [0.1, 0.15) is 0 Å². The van der Waals surface area contributed by atoms with Gasteiger partial charge >= 0.3 is 5.69 Å². The molecule has 0 spiro atoms. The Labute approximate surface area is 150 Å². The predicted octanol–water partition coefficient (Wildman–Crippen LogP) is 0.756. The van der Waals surface area contributed by atoms with Gasteiger partial charge in [-0.15, -0.1) is 11.3 Å². The molecule has 0 aromatic carbocycles. The highest BCUT2D eigenvalue weighted by Gasteiger charge is 2.31. The summed E-state index contributed by atoms with van der Waals surface area (Å²) in [5, 5.41) is 1.23. The molecule has 0 fully saturated rings. The molecule has 4 heterocycles. The van der Waals surface area contributed by atoms with Crippen molar-refractivity contribution in [1.29, 1.82) is 0 Å². The van der Waals surface area contributed by atoms with Crippen molar-refractivity contribution in [2.75, 3.05) is 6.54 Å². The van der Waals surface area contributed by atoms with E-state index in [1.165, 1.54) is 38.8 Å². The highest BCUT2D eigenvalue weighted by atomic mass is 35.5. The highest BCUT2D eigenvalue weighted by Crippen LogP contribution is 2.28. The Bertz CT molecular complexity index is 1270. The molecule has 4 aromatic rings. The van der Waals surface area contributed by atoms with Gasteiger partial charge < -0.3 is 5.73 Å². The van der Waals surface area contributed by atoms with Crippen LogP contribution in [0.2, 0.25) is 5.15 Å². The van der Waals surface area contributed by atoms with Crippen molar-refractivity contribution >= 4 is 49.1 Å². The molecule has 12 heteroatoms. The summed E-state index contributed by atoms with van der Waals surface area (Å²) >= 11 is 7.29. The number of halogens is 1. The Kier molecular flexibility index (Phi) is 3.68. The molecule has 0 saturated heterocycles. The van der Waals surface area contributed by atoms with E-state index in [-0.39, 0.29) is 34.4 Å². The predicted molar refractivity (Wildman–Crippen MR) is 93.7 cm³/mol. The maximum absolute atomic E-state index is 13.2. The number of imidazole rings is 2. The molecule has 130 valence electrons. The molecule has 4 aromatic heterocycles. The molecule has 0 aliphatic rings. The third-order valence-electron chi connectivity index (χ3n) is 3.66. The number of nitrogens with zero attached hydrogens (tertiary/aromatic N) is 5. The molecule has 0 aliphatic heterocycles. The van der Waals surface area contributed by atoms with Crippen LogP contribution in [0.3, 0.4) is 0 Å². The van der Waals surface area contributed by atoms with Gasteiger partial charge in [0.1, 0.15) is 5.52 Å². The SMILES string of the molecule is NCCn1c(=O)n(S(=O)(=O)c2c(Cl)nc3sccn23)c2cccnc21. The van der Waals surface area contributed by atoms with Gasteiger partial charge in [0, 0.05) is 30.9 Å². The smallest absolute Gasteiger partial charge is 0.329 e. The van der Waals surface area contributed by atoms with Gasteiger partial charge in [-0.25, -0.2) is 14.8 Å². The first kappa shape index (κ1) is 16.3.